The Morgan fingerprint density at radius 1 is 1.17 bits per heavy atom. The van der Waals surface area contributed by atoms with Gasteiger partial charge in [-0.2, -0.15) is 0 Å². The molecule has 5 nitrogen and oxygen atoms in total. The number of aryl methyl sites for hydroxylation is 4. The van der Waals surface area contributed by atoms with E-state index in [0.29, 0.717) is 5.82 Å². The largest absolute Gasteiger partial charge is 0.384 e. The summed E-state index contributed by atoms with van der Waals surface area (Å²) in [5, 5.41) is 1.17. The molecule has 3 rings (SSSR count). The van der Waals surface area contributed by atoms with Crippen LogP contribution in [0.5, 0.6) is 0 Å². The Kier molecular flexibility index (Phi) is 7.00. The molecule has 23 heavy (non-hydrogen) atoms. The summed E-state index contributed by atoms with van der Waals surface area (Å²) in [5.74, 6) is 1.42. The number of rotatable bonds is 4. The number of hydrogen-bond acceptors (Lipinski definition) is 5. The number of nitrogens with zero attached hydrogens (tertiary/aromatic N) is 4. The average Bonchev–Trinajstić information content (AvgIpc) is 3.04. The molecule has 0 atom stereocenters. The molecule has 0 fully saturated rings. The first-order valence-corrected chi connectivity index (χ1v) is 7.61. The summed E-state index contributed by atoms with van der Waals surface area (Å²) in [5.41, 5.74) is 7.86. The van der Waals surface area contributed by atoms with Crippen molar-refractivity contribution in [1.29, 1.82) is 0 Å². The molecule has 0 amide bonds. The lowest BCUT2D eigenvalue weighted by atomic mass is 10.2. The van der Waals surface area contributed by atoms with Crippen molar-refractivity contribution in [2.24, 2.45) is 0 Å². The second-order valence-corrected chi connectivity index (χ2v) is 6.20. The minimum absolute atomic E-state index is 0. The van der Waals surface area contributed by atoms with Crippen molar-refractivity contribution in [2.75, 3.05) is 5.73 Å². The van der Waals surface area contributed by atoms with Crippen LogP contribution in [0.3, 0.4) is 0 Å². The Bertz CT molecular complexity index is 749. The van der Waals surface area contributed by atoms with E-state index in [2.05, 4.69) is 33.4 Å². The van der Waals surface area contributed by atoms with E-state index in [1.54, 1.807) is 17.5 Å². The maximum Gasteiger partial charge on any atom is 0.140 e. The maximum absolute atomic E-state index is 5.74. The third-order valence-electron chi connectivity index (χ3n) is 3.39. The van der Waals surface area contributed by atoms with Crippen LogP contribution in [0, 0.1) is 13.8 Å². The monoisotopic (exact) mass is 371 g/mol. The number of halogens is 2. The summed E-state index contributed by atoms with van der Waals surface area (Å²) >= 11 is 1.77. The third kappa shape index (κ3) is 4.43. The van der Waals surface area contributed by atoms with Gasteiger partial charge in [0.1, 0.15) is 11.6 Å². The molecule has 2 N–H and O–H groups in total. The van der Waals surface area contributed by atoms with Gasteiger partial charge < -0.3 is 10.3 Å². The van der Waals surface area contributed by atoms with Gasteiger partial charge in [0.2, 0.25) is 0 Å². The van der Waals surface area contributed by atoms with Crippen LogP contribution in [0.4, 0.5) is 5.82 Å². The Hall–Kier alpha value is -1.63. The summed E-state index contributed by atoms with van der Waals surface area (Å²) in [6.45, 7) is 5.01. The molecule has 0 aliphatic heterocycles. The fourth-order valence-corrected chi connectivity index (χ4v) is 3.12. The van der Waals surface area contributed by atoms with Gasteiger partial charge >= 0.3 is 0 Å². The predicted octanol–water partition coefficient (Wildman–Crippen LogP) is 3.69. The lowest BCUT2D eigenvalue weighted by Crippen LogP contribution is -2.03. The van der Waals surface area contributed by atoms with Crippen LogP contribution >= 0.6 is 36.2 Å². The van der Waals surface area contributed by atoms with E-state index in [1.807, 2.05) is 24.5 Å². The lowest BCUT2D eigenvalue weighted by molar-refractivity contribution is 0.699. The molecular weight excluding hydrogens is 353 g/mol. The minimum atomic E-state index is 0. The van der Waals surface area contributed by atoms with Crippen molar-refractivity contribution >= 4 is 42.0 Å². The quantitative estimate of drug-likeness (QED) is 0.758. The number of nitrogens with two attached hydrogens (primary N) is 1. The molecule has 3 heterocycles. The number of hydrogen-bond donors (Lipinski definition) is 1. The van der Waals surface area contributed by atoms with Crippen molar-refractivity contribution in [1.82, 2.24) is 19.5 Å². The molecular formula is C15H19Cl2N5S. The smallest absolute Gasteiger partial charge is 0.140 e. The first-order chi connectivity index (χ1) is 10.1. The Morgan fingerprint density at radius 2 is 1.96 bits per heavy atom. The lowest BCUT2D eigenvalue weighted by Gasteiger charge is -2.07. The number of imidazole rings is 1. The van der Waals surface area contributed by atoms with E-state index >= 15 is 0 Å². The van der Waals surface area contributed by atoms with Crippen LogP contribution in [0.25, 0.3) is 11.4 Å². The molecule has 124 valence electrons. The van der Waals surface area contributed by atoms with Crippen LogP contribution in [0.2, 0.25) is 0 Å². The van der Waals surface area contributed by atoms with Crippen LogP contribution in [-0.4, -0.2) is 19.5 Å². The highest BCUT2D eigenvalue weighted by Crippen LogP contribution is 2.21. The van der Waals surface area contributed by atoms with Gasteiger partial charge in [0.15, 0.2) is 0 Å². The number of anilines is 1. The normalized spacial score (nSPS) is 10.0. The summed E-state index contributed by atoms with van der Waals surface area (Å²) in [6, 6.07) is 3.77. The molecule has 0 spiro atoms. The summed E-state index contributed by atoms with van der Waals surface area (Å²) in [6.07, 6.45) is 6.41. The summed E-state index contributed by atoms with van der Waals surface area (Å²) < 4.78 is 2.13. The second-order valence-electron chi connectivity index (χ2n) is 4.91. The summed E-state index contributed by atoms with van der Waals surface area (Å²) in [4.78, 5) is 14.3. The van der Waals surface area contributed by atoms with Gasteiger partial charge in [-0.1, -0.05) is 0 Å². The van der Waals surface area contributed by atoms with Crippen LogP contribution in [0.1, 0.15) is 15.6 Å². The standard InChI is InChI=1S/C15H17N5S.2ClH/c1-10-11(2)21-14(19-10)4-7-20-8-6-18-15(20)12-3-5-17-13(16)9-12;;/h3,5-6,8-9H,4,7H2,1-2H3,(H2,16,17);2*1H. The van der Waals surface area contributed by atoms with Gasteiger partial charge in [-0.3, -0.25) is 0 Å². The van der Waals surface area contributed by atoms with Gasteiger partial charge in [0, 0.05) is 42.0 Å². The molecule has 0 radical (unpaired) electrons. The number of thiazole rings is 1. The Morgan fingerprint density at radius 3 is 2.61 bits per heavy atom. The molecule has 8 heteroatoms. The fraction of sp³-hybridized carbons (Fsp3) is 0.267. The molecule has 0 aromatic carbocycles. The van der Waals surface area contributed by atoms with Gasteiger partial charge in [-0.05, 0) is 26.0 Å². The molecule has 0 bridgehead atoms. The average molecular weight is 372 g/mol. The first-order valence-electron chi connectivity index (χ1n) is 6.79. The molecule has 0 saturated carbocycles. The molecule has 0 unspecified atom stereocenters. The van der Waals surface area contributed by atoms with E-state index in [9.17, 15) is 0 Å². The molecule has 3 aromatic rings. The van der Waals surface area contributed by atoms with Crippen LogP contribution in [-0.2, 0) is 13.0 Å². The molecule has 0 aliphatic carbocycles. The van der Waals surface area contributed by atoms with Gasteiger partial charge in [-0.25, -0.2) is 15.0 Å². The van der Waals surface area contributed by atoms with Crippen molar-refractivity contribution in [3.8, 4) is 11.4 Å². The van der Waals surface area contributed by atoms with E-state index in [4.69, 9.17) is 5.73 Å². The first kappa shape index (κ1) is 19.4. The van der Waals surface area contributed by atoms with Crippen LogP contribution in [0.15, 0.2) is 30.7 Å². The molecule has 3 aromatic heterocycles. The van der Waals surface area contributed by atoms with Gasteiger partial charge in [-0.15, -0.1) is 36.2 Å². The zero-order chi connectivity index (χ0) is 14.8. The number of pyridine rings is 1. The highest BCUT2D eigenvalue weighted by molar-refractivity contribution is 7.11. The molecule has 0 saturated heterocycles. The second kappa shape index (κ2) is 8.29. The number of aromatic nitrogens is 4. The number of nitrogen functional groups attached to an aromatic ring is 1. The Balaban J connectivity index is 0.00000132. The van der Waals surface area contributed by atoms with Crippen molar-refractivity contribution in [3.63, 3.8) is 0 Å². The van der Waals surface area contributed by atoms with Crippen molar-refractivity contribution in [2.45, 2.75) is 26.8 Å². The highest BCUT2D eigenvalue weighted by atomic mass is 35.5. The van der Waals surface area contributed by atoms with Gasteiger partial charge in [0.05, 0.1) is 10.7 Å². The third-order valence-corrected chi connectivity index (χ3v) is 4.53. The Labute approximate surface area is 151 Å². The molecule has 0 aliphatic rings. The van der Waals surface area contributed by atoms with E-state index < -0.39 is 0 Å². The van der Waals surface area contributed by atoms with E-state index in [0.717, 1.165) is 30.0 Å². The predicted molar refractivity (Wildman–Crippen MR) is 99.7 cm³/mol. The zero-order valence-electron chi connectivity index (χ0n) is 12.9. The SMILES string of the molecule is Cc1nc(CCn2ccnc2-c2ccnc(N)c2)sc1C.Cl.Cl. The minimum Gasteiger partial charge on any atom is -0.384 e. The van der Waals surface area contributed by atoms with Crippen molar-refractivity contribution in [3.05, 3.63) is 46.3 Å². The zero-order valence-corrected chi connectivity index (χ0v) is 15.3. The van der Waals surface area contributed by atoms with E-state index in [1.165, 1.54) is 9.88 Å². The fourth-order valence-electron chi connectivity index (χ4n) is 2.20. The van der Waals surface area contributed by atoms with E-state index in [-0.39, 0.29) is 24.8 Å². The maximum atomic E-state index is 5.74. The topological polar surface area (TPSA) is 69.6 Å². The van der Waals surface area contributed by atoms with Crippen molar-refractivity contribution < 1.29 is 0 Å². The highest BCUT2D eigenvalue weighted by Gasteiger charge is 2.08. The van der Waals surface area contributed by atoms with Gasteiger partial charge in [0.25, 0.3) is 0 Å². The van der Waals surface area contributed by atoms with Crippen LogP contribution < -0.4 is 5.73 Å². The summed E-state index contributed by atoms with van der Waals surface area (Å²) in [7, 11) is 0.